The van der Waals surface area contributed by atoms with Crippen LogP contribution in [0.4, 0.5) is 0 Å². The Hall–Kier alpha value is -0.120. The summed E-state index contributed by atoms with van der Waals surface area (Å²) in [4.78, 5) is 0. The lowest BCUT2D eigenvalue weighted by atomic mass is 10.1. The minimum Gasteiger partial charge on any atom is -0.376 e. The summed E-state index contributed by atoms with van der Waals surface area (Å²) in [6, 6.07) is 0. The molecule has 0 aliphatic carbocycles. The third kappa shape index (κ3) is 4.04. The first-order valence-electron chi connectivity index (χ1n) is 4.38. The van der Waals surface area contributed by atoms with Crippen molar-refractivity contribution in [1.82, 2.24) is 0 Å². The molecule has 0 aliphatic rings. The molecule has 3 nitrogen and oxygen atoms in total. The summed E-state index contributed by atoms with van der Waals surface area (Å²) in [5, 5.41) is 0. The lowest BCUT2D eigenvalue weighted by Crippen LogP contribution is -2.31. The first-order chi connectivity index (χ1) is 5.79. The molecule has 0 spiro atoms. The van der Waals surface area contributed by atoms with Gasteiger partial charge < -0.3 is 14.2 Å². The fourth-order valence-electron chi connectivity index (χ4n) is 1.17. The Morgan fingerprint density at radius 3 is 1.92 bits per heavy atom. The van der Waals surface area contributed by atoms with Crippen LogP contribution in [-0.4, -0.2) is 33.7 Å². The number of rotatable bonds is 7. The SMILES string of the molecule is CCCCC(OC)C(OC)OC. The van der Waals surface area contributed by atoms with E-state index in [9.17, 15) is 0 Å². The third-order valence-electron chi connectivity index (χ3n) is 1.91. The molecule has 3 heteroatoms. The van der Waals surface area contributed by atoms with Crippen LogP contribution in [0.3, 0.4) is 0 Å². The van der Waals surface area contributed by atoms with E-state index in [2.05, 4.69) is 6.92 Å². The van der Waals surface area contributed by atoms with Crippen LogP contribution in [-0.2, 0) is 14.2 Å². The zero-order valence-electron chi connectivity index (χ0n) is 8.50. The molecular weight excluding hydrogens is 156 g/mol. The Balaban J connectivity index is 3.75. The predicted octanol–water partition coefficient (Wildman–Crippen LogP) is 1.81. The number of methoxy groups -OCH3 is 3. The van der Waals surface area contributed by atoms with E-state index in [1.54, 1.807) is 21.3 Å². The van der Waals surface area contributed by atoms with Crippen LogP contribution in [0.25, 0.3) is 0 Å². The number of hydrogen-bond donors (Lipinski definition) is 0. The maximum absolute atomic E-state index is 5.25. The fourth-order valence-corrected chi connectivity index (χ4v) is 1.17. The molecule has 0 radical (unpaired) electrons. The molecule has 1 unspecified atom stereocenters. The summed E-state index contributed by atoms with van der Waals surface area (Å²) < 4.78 is 15.5. The van der Waals surface area contributed by atoms with Crippen molar-refractivity contribution >= 4 is 0 Å². The molecular formula is C9H20O3. The van der Waals surface area contributed by atoms with Crippen LogP contribution in [0.5, 0.6) is 0 Å². The average Bonchev–Trinajstić information content (AvgIpc) is 2.12. The van der Waals surface area contributed by atoms with Gasteiger partial charge in [0.1, 0.15) is 6.10 Å². The summed E-state index contributed by atoms with van der Waals surface area (Å²) in [5.74, 6) is 0. The highest BCUT2D eigenvalue weighted by Crippen LogP contribution is 2.11. The van der Waals surface area contributed by atoms with Crippen molar-refractivity contribution in [2.24, 2.45) is 0 Å². The highest BCUT2D eigenvalue weighted by Gasteiger charge is 2.19. The van der Waals surface area contributed by atoms with E-state index in [4.69, 9.17) is 14.2 Å². The Morgan fingerprint density at radius 2 is 1.58 bits per heavy atom. The molecule has 12 heavy (non-hydrogen) atoms. The second kappa shape index (κ2) is 7.53. The normalized spacial score (nSPS) is 13.8. The van der Waals surface area contributed by atoms with Gasteiger partial charge in [-0.25, -0.2) is 0 Å². The van der Waals surface area contributed by atoms with Crippen LogP contribution < -0.4 is 0 Å². The lowest BCUT2D eigenvalue weighted by molar-refractivity contribution is -0.174. The van der Waals surface area contributed by atoms with E-state index >= 15 is 0 Å². The van der Waals surface area contributed by atoms with Crippen molar-refractivity contribution < 1.29 is 14.2 Å². The van der Waals surface area contributed by atoms with Crippen LogP contribution in [0.15, 0.2) is 0 Å². The number of unbranched alkanes of at least 4 members (excludes halogenated alkanes) is 1. The van der Waals surface area contributed by atoms with Crippen molar-refractivity contribution in [3.63, 3.8) is 0 Å². The molecule has 0 aromatic heterocycles. The van der Waals surface area contributed by atoms with E-state index in [1.807, 2.05) is 0 Å². The van der Waals surface area contributed by atoms with Crippen molar-refractivity contribution in [3.05, 3.63) is 0 Å². The standard InChI is InChI=1S/C9H20O3/c1-5-6-7-8(10-2)9(11-3)12-4/h8-9H,5-7H2,1-4H3. The van der Waals surface area contributed by atoms with Gasteiger partial charge in [0.25, 0.3) is 0 Å². The van der Waals surface area contributed by atoms with Gasteiger partial charge >= 0.3 is 0 Å². The summed E-state index contributed by atoms with van der Waals surface area (Å²) >= 11 is 0. The molecule has 1 atom stereocenters. The van der Waals surface area contributed by atoms with E-state index < -0.39 is 0 Å². The van der Waals surface area contributed by atoms with Crippen molar-refractivity contribution in [2.45, 2.75) is 38.6 Å². The van der Waals surface area contributed by atoms with Gasteiger partial charge in [0, 0.05) is 21.3 Å². The minimum atomic E-state index is -0.235. The number of ether oxygens (including phenoxy) is 3. The number of hydrogen-bond acceptors (Lipinski definition) is 3. The Kier molecular flexibility index (Phi) is 7.45. The summed E-state index contributed by atoms with van der Waals surface area (Å²) in [6.07, 6.45) is 3.11. The van der Waals surface area contributed by atoms with Crippen LogP contribution in [0.2, 0.25) is 0 Å². The second-order valence-electron chi connectivity index (χ2n) is 2.76. The Labute approximate surface area is 75.0 Å². The summed E-state index contributed by atoms with van der Waals surface area (Å²) in [7, 11) is 4.95. The van der Waals surface area contributed by atoms with E-state index in [-0.39, 0.29) is 12.4 Å². The van der Waals surface area contributed by atoms with E-state index in [0.29, 0.717) is 0 Å². The maximum atomic E-state index is 5.25. The molecule has 0 fully saturated rings. The average molecular weight is 176 g/mol. The second-order valence-corrected chi connectivity index (χ2v) is 2.76. The van der Waals surface area contributed by atoms with Gasteiger partial charge in [-0.1, -0.05) is 19.8 Å². The topological polar surface area (TPSA) is 27.7 Å². The van der Waals surface area contributed by atoms with E-state index in [0.717, 1.165) is 12.8 Å². The fraction of sp³-hybridized carbons (Fsp3) is 1.00. The lowest BCUT2D eigenvalue weighted by Gasteiger charge is -2.22. The first kappa shape index (κ1) is 11.9. The Bertz CT molecular complexity index is 91.8. The maximum Gasteiger partial charge on any atom is 0.182 e. The quantitative estimate of drug-likeness (QED) is 0.554. The van der Waals surface area contributed by atoms with Gasteiger partial charge in [0.15, 0.2) is 6.29 Å². The Morgan fingerprint density at radius 1 is 1.00 bits per heavy atom. The van der Waals surface area contributed by atoms with Crippen LogP contribution in [0, 0.1) is 0 Å². The largest absolute Gasteiger partial charge is 0.376 e. The molecule has 0 saturated heterocycles. The predicted molar refractivity (Wildman–Crippen MR) is 48.1 cm³/mol. The minimum absolute atomic E-state index is 0.0555. The smallest absolute Gasteiger partial charge is 0.182 e. The molecule has 0 heterocycles. The van der Waals surface area contributed by atoms with E-state index in [1.165, 1.54) is 6.42 Å². The molecule has 0 N–H and O–H groups in total. The molecule has 0 aromatic rings. The van der Waals surface area contributed by atoms with Gasteiger partial charge in [-0.3, -0.25) is 0 Å². The first-order valence-corrected chi connectivity index (χ1v) is 4.38. The molecule has 0 amide bonds. The van der Waals surface area contributed by atoms with Gasteiger partial charge in [-0.15, -0.1) is 0 Å². The zero-order chi connectivity index (χ0) is 9.40. The van der Waals surface area contributed by atoms with Crippen molar-refractivity contribution in [1.29, 1.82) is 0 Å². The highest BCUT2D eigenvalue weighted by molar-refractivity contribution is 4.61. The monoisotopic (exact) mass is 176 g/mol. The molecule has 0 aromatic carbocycles. The van der Waals surface area contributed by atoms with Crippen molar-refractivity contribution in [3.8, 4) is 0 Å². The van der Waals surface area contributed by atoms with Gasteiger partial charge in [-0.2, -0.15) is 0 Å². The molecule has 0 saturated carbocycles. The van der Waals surface area contributed by atoms with Crippen molar-refractivity contribution in [2.75, 3.05) is 21.3 Å². The van der Waals surface area contributed by atoms with Gasteiger partial charge in [0.05, 0.1) is 0 Å². The molecule has 0 rings (SSSR count). The summed E-state index contributed by atoms with van der Waals surface area (Å²) in [6.45, 7) is 2.15. The molecule has 0 aliphatic heterocycles. The molecule has 0 bridgehead atoms. The highest BCUT2D eigenvalue weighted by atomic mass is 16.7. The van der Waals surface area contributed by atoms with Crippen LogP contribution >= 0.6 is 0 Å². The van der Waals surface area contributed by atoms with Crippen LogP contribution in [0.1, 0.15) is 26.2 Å². The van der Waals surface area contributed by atoms with Gasteiger partial charge in [-0.05, 0) is 6.42 Å². The third-order valence-corrected chi connectivity index (χ3v) is 1.91. The zero-order valence-corrected chi connectivity index (χ0v) is 8.50. The molecule has 74 valence electrons. The summed E-state index contributed by atoms with van der Waals surface area (Å²) in [5.41, 5.74) is 0. The van der Waals surface area contributed by atoms with Gasteiger partial charge in [0.2, 0.25) is 0 Å².